The van der Waals surface area contributed by atoms with E-state index in [1.54, 1.807) is 25.1 Å². The van der Waals surface area contributed by atoms with Gasteiger partial charge in [0.15, 0.2) is 12.4 Å². The summed E-state index contributed by atoms with van der Waals surface area (Å²) in [5.74, 6) is 1.20. The summed E-state index contributed by atoms with van der Waals surface area (Å²) >= 11 is 0. The van der Waals surface area contributed by atoms with Gasteiger partial charge in [-0.2, -0.15) is 4.98 Å². The molecule has 104 valence electrons. The number of nitrogens with zero attached hydrogens (tertiary/aromatic N) is 2. The number of aryl methyl sites for hydroxylation is 1. The van der Waals surface area contributed by atoms with Crippen LogP contribution in [0.1, 0.15) is 5.82 Å². The molecule has 0 fully saturated rings. The van der Waals surface area contributed by atoms with Crippen LogP contribution in [-0.2, 0) is 4.79 Å². The quantitative estimate of drug-likeness (QED) is 0.811. The molecule has 0 aliphatic heterocycles. The lowest BCUT2D eigenvalue weighted by Crippen LogP contribution is -2.28. The molecule has 0 aliphatic carbocycles. The highest BCUT2D eigenvalue weighted by Crippen LogP contribution is 2.28. The summed E-state index contributed by atoms with van der Waals surface area (Å²) < 4.78 is 10.6. The molecule has 0 unspecified atom stereocenters. The third-order valence-corrected chi connectivity index (χ3v) is 2.45. The van der Waals surface area contributed by atoms with Crippen molar-refractivity contribution in [1.82, 2.24) is 15.5 Å². The van der Waals surface area contributed by atoms with Gasteiger partial charge in [-0.25, -0.2) is 0 Å². The molecule has 2 aromatic rings. The van der Waals surface area contributed by atoms with Crippen molar-refractivity contribution >= 4 is 5.91 Å². The lowest BCUT2D eigenvalue weighted by Gasteiger charge is -2.08. The van der Waals surface area contributed by atoms with Crippen molar-refractivity contribution in [3.8, 4) is 17.2 Å². The van der Waals surface area contributed by atoms with E-state index in [4.69, 9.17) is 9.26 Å². The molecule has 0 bridgehead atoms. The summed E-state index contributed by atoms with van der Waals surface area (Å²) in [6, 6.07) is 7.18. The van der Waals surface area contributed by atoms with Gasteiger partial charge in [-0.05, 0) is 19.1 Å². The Bertz CT molecular complexity index is 607. The van der Waals surface area contributed by atoms with E-state index in [0.717, 1.165) is 0 Å². The van der Waals surface area contributed by atoms with Crippen LogP contribution in [-0.4, -0.2) is 29.2 Å². The number of ether oxygens (including phenoxy) is 1. The van der Waals surface area contributed by atoms with E-state index in [9.17, 15) is 4.79 Å². The fourth-order valence-corrected chi connectivity index (χ4v) is 1.56. The molecule has 0 radical (unpaired) electrons. The van der Waals surface area contributed by atoms with Gasteiger partial charge in [0.05, 0.1) is 5.56 Å². The average molecular weight is 273 g/mol. The zero-order chi connectivity index (χ0) is 14.4. The van der Waals surface area contributed by atoms with Crippen molar-refractivity contribution in [1.29, 1.82) is 0 Å². The van der Waals surface area contributed by atoms with Crippen LogP contribution in [0.5, 0.6) is 5.75 Å². The molecule has 1 aromatic heterocycles. The van der Waals surface area contributed by atoms with E-state index in [1.807, 2.05) is 12.1 Å². The van der Waals surface area contributed by atoms with E-state index < -0.39 is 0 Å². The molecule has 20 heavy (non-hydrogen) atoms. The van der Waals surface area contributed by atoms with Gasteiger partial charge in [0, 0.05) is 6.54 Å². The second-order valence-corrected chi connectivity index (χ2v) is 4.02. The Balaban J connectivity index is 2.08. The fourth-order valence-electron chi connectivity index (χ4n) is 1.56. The molecule has 1 aromatic carbocycles. The van der Waals surface area contributed by atoms with Crippen LogP contribution >= 0.6 is 0 Å². The van der Waals surface area contributed by atoms with E-state index in [1.165, 1.54) is 0 Å². The van der Waals surface area contributed by atoms with Gasteiger partial charge in [-0.3, -0.25) is 4.79 Å². The Hall–Kier alpha value is -2.63. The minimum Gasteiger partial charge on any atom is -0.483 e. The Morgan fingerprint density at radius 3 is 3.00 bits per heavy atom. The van der Waals surface area contributed by atoms with Crippen molar-refractivity contribution in [2.45, 2.75) is 6.92 Å². The predicted molar refractivity (Wildman–Crippen MR) is 73.2 cm³/mol. The van der Waals surface area contributed by atoms with Crippen LogP contribution in [0.15, 0.2) is 41.4 Å². The van der Waals surface area contributed by atoms with Crippen LogP contribution in [0.25, 0.3) is 11.5 Å². The van der Waals surface area contributed by atoms with Crippen LogP contribution in [0.4, 0.5) is 0 Å². The molecule has 6 nitrogen and oxygen atoms in total. The standard InChI is InChI=1S/C14H15N3O3/c1-3-8-15-13(18)9-19-12-7-5-4-6-11(12)14-16-10(2)17-20-14/h3-7H,1,8-9H2,2H3,(H,15,18). The summed E-state index contributed by atoms with van der Waals surface area (Å²) in [4.78, 5) is 15.6. The largest absolute Gasteiger partial charge is 0.483 e. The molecule has 0 saturated carbocycles. The normalized spacial score (nSPS) is 10.1. The van der Waals surface area contributed by atoms with Crippen molar-refractivity contribution in [2.75, 3.05) is 13.2 Å². The number of aromatic nitrogens is 2. The summed E-state index contributed by atoms with van der Waals surface area (Å²) in [7, 11) is 0. The number of nitrogens with one attached hydrogen (secondary N) is 1. The Morgan fingerprint density at radius 1 is 1.50 bits per heavy atom. The third-order valence-electron chi connectivity index (χ3n) is 2.45. The number of hydrogen-bond donors (Lipinski definition) is 1. The van der Waals surface area contributed by atoms with E-state index in [0.29, 0.717) is 29.6 Å². The van der Waals surface area contributed by atoms with Crippen molar-refractivity contribution < 1.29 is 14.1 Å². The van der Waals surface area contributed by atoms with E-state index in [-0.39, 0.29) is 12.5 Å². The molecule has 0 spiro atoms. The molecule has 0 saturated heterocycles. The monoisotopic (exact) mass is 273 g/mol. The fraction of sp³-hybridized carbons (Fsp3) is 0.214. The highest BCUT2D eigenvalue weighted by atomic mass is 16.5. The summed E-state index contributed by atoms with van der Waals surface area (Å²) in [6.07, 6.45) is 1.60. The summed E-state index contributed by atoms with van der Waals surface area (Å²) in [6.45, 7) is 5.58. The first-order valence-electron chi connectivity index (χ1n) is 6.11. The van der Waals surface area contributed by atoms with E-state index >= 15 is 0 Å². The zero-order valence-corrected chi connectivity index (χ0v) is 11.1. The molecule has 1 heterocycles. The maximum absolute atomic E-state index is 11.5. The number of hydrogen-bond acceptors (Lipinski definition) is 5. The Kier molecular flexibility index (Phi) is 4.49. The van der Waals surface area contributed by atoms with Crippen molar-refractivity contribution in [2.24, 2.45) is 0 Å². The maximum atomic E-state index is 11.5. The van der Waals surface area contributed by atoms with Gasteiger partial charge >= 0.3 is 0 Å². The van der Waals surface area contributed by atoms with Crippen LogP contribution in [0.3, 0.4) is 0 Å². The molecule has 2 rings (SSSR count). The zero-order valence-electron chi connectivity index (χ0n) is 11.1. The summed E-state index contributed by atoms with van der Waals surface area (Å²) in [5.41, 5.74) is 0.657. The number of carbonyl (C=O) groups excluding carboxylic acids is 1. The van der Waals surface area contributed by atoms with Gasteiger partial charge in [0.2, 0.25) is 0 Å². The Labute approximate surface area is 116 Å². The third kappa shape index (κ3) is 3.44. The lowest BCUT2D eigenvalue weighted by molar-refractivity contribution is -0.122. The predicted octanol–water partition coefficient (Wildman–Crippen LogP) is 1.73. The smallest absolute Gasteiger partial charge is 0.261 e. The van der Waals surface area contributed by atoms with Gasteiger partial charge in [0.1, 0.15) is 5.75 Å². The molecular weight excluding hydrogens is 258 g/mol. The van der Waals surface area contributed by atoms with Crippen LogP contribution in [0.2, 0.25) is 0 Å². The number of rotatable bonds is 6. The minimum atomic E-state index is -0.221. The first kappa shape index (κ1) is 13.8. The SMILES string of the molecule is C=CCNC(=O)COc1ccccc1-c1nc(C)no1. The van der Waals surface area contributed by atoms with Crippen molar-refractivity contribution in [3.05, 3.63) is 42.7 Å². The number of amides is 1. The van der Waals surface area contributed by atoms with Crippen LogP contribution < -0.4 is 10.1 Å². The van der Waals surface area contributed by atoms with Crippen LogP contribution in [0, 0.1) is 6.92 Å². The Morgan fingerprint density at radius 2 is 2.30 bits per heavy atom. The van der Waals surface area contributed by atoms with Gasteiger partial charge in [0.25, 0.3) is 11.8 Å². The van der Waals surface area contributed by atoms with Gasteiger partial charge < -0.3 is 14.6 Å². The average Bonchev–Trinajstić information content (AvgIpc) is 2.89. The molecule has 1 amide bonds. The highest BCUT2D eigenvalue weighted by Gasteiger charge is 2.13. The first-order valence-corrected chi connectivity index (χ1v) is 6.11. The van der Waals surface area contributed by atoms with Crippen molar-refractivity contribution in [3.63, 3.8) is 0 Å². The minimum absolute atomic E-state index is 0.0853. The molecular formula is C14H15N3O3. The topological polar surface area (TPSA) is 77.2 Å². The van der Waals surface area contributed by atoms with E-state index in [2.05, 4.69) is 22.0 Å². The summed E-state index contributed by atoms with van der Waals surface area (Å²) in [5, 5.41) is 6.37. The molecule has 0 atom stereocenters. The molecule has 6 heteroatoms. The lowest BCUT2D eigenvalue weighted by atomic mass is 10.2. The first-order chi connectivity index (χ1) is 9.70. The van der Waals surface area contributed by atoms with Gasteiger partial charge in [-0.1, -0.05) is 23.4 Å². The molecule has 0 aliphatic rings. The highest BCUT2D eigenvalue weighted by molar-refractivity contribution is 5.78. The maximum Gasteiger partial charge on any atom is 0.261 e. The molecule has 1 N–H and O–H groups in total. The van der Waals surface area contributed by atoms with Gasteiger partial charge in [-0.15, -0.1) is 6.58 Å². The number of para-hydroxylation sites is 1. The number of benzene rings is 1. The second-order valence-electron chi connectivity index (χ2n) is 4.02. The number of carbonyl (C=O) groups is 1. The second kappa shape index (κ2) is 6.51.